The van der Waals surface area contributed by atoms with Crippen LogP contribution in [0.3, 0.4) is 0 Å². The number of methoxy groups -OCH3 is 1. The summed E-state index contributed by atoms with van der Waals surface area (Å²) in [6, 6.07) is 19.5. The number of rotatable bonds is 2. The number of halogens is 1. The first-order chi connectivity index (χ1) is 15.1. The van der Waals surface area contributed by atoms with Gasteiger partial charge in [0, 0.05) is 21.9 Å². The lowest BCUT2D eigenvalue weighted by atomic mass is 10.0. The molecule has 5 nitrogen and oxygen atoms in total. The van der Waals surface area contributed by atoms with Gasteiger partial charge in [0.15, 0.2) is 5.84 Å². The highest BCUT2D eigenvalue weighted by atomic mass is 127. The van der Waals surface area contributed by atoms with Crippen molar-refractivity contribution in [2.75, 3.05) is 7.11 Å². The maximum absolute atomic E-state index is 13.3. The number of benzene rings is 3. The van der Waals surface area contributed by atoms with E-state index in [9.17, 15) is 4.79 Å². The van der Waals surface area contributed by atoms with E-state index in [0.29, 0.717) is 23.7 Å². The van der Waals surface area contributed by atoms with E-state index in [1.807, 2.05) is 79.0 Å². The summed E-state index contributed by atoms with van der Waals surface area (Å²) in [5.74, 6) is 1.28. The minimum Gasteiger partial charge on any atom is -0.496 e. The zero-order chi connectivity index (χ0) is 21.4. The number of amidine groups is 2. The average molecular weight is 519 g/mol. The summed E-state index contributed by atoms with van der Waals surface area (Å²) >= 11 is 2.28. The molecule has 0 saturated heterocycles. The van der Waals surface area contributed by atoms with Crippen LogP contribution in [0.5, 0.6) is 5.75 Å². The molecule has 1 amide bonds. The normalized spacial score (nSPS) is 16.3. The Morgan fingerprint density at radius 2 is 1.81 bits per heavy atom. The van der Waals surface area contributed by atoms with Gasteiger partial charge in [-0.2, -0.15) is 4.99 Å². The molecule has 0 fully saturated rings. The quantitative estimate of drug-likeness (QED) is 0.421. The number of aliphatic imine (C=N–C) groups is 2. The minimum absolute atomic E-state index is 0.380. The molecule has 2 aliphatic heterocycles. The zero-order valence-corrected chi connectivity index (χ0v) is 18.9. The number of carbonyl (C=O) groups excluding carboxylic acids is 1. The molecular formula is C25H18IN3O2. The van der Waals surface area contributed by atoms with Crippen molar-refractivity contribution in [2.45, 2.75) is 6.54 Å². The number of allylic oxidation sites excluding steroid dienone is 2. The zero-order valence-electron chi connectivity index (χ0n) is 16.7. The lowest BCUT2D eigenvalue weighted by Crippen LogP contribution is -2.24. The molecule has 0 bridgehead atoms. The second kappa shape index (κ2) is 8.11. The SMILES string of the molecule is COc1cc2ccccc2cc1C(=O)N=C1N=C2C=CC(I)=CN2Cc2ccccc21. The Morgan fingerprint density at radius 3 is 2.61 bits per heavy atom. The predicted molar refractivity (Wildman–Crippen MR) is 132 cm³/mol. The van der Waals surface area contributed by atoms with Crippen LogP contribution in [0.4, 0.5) is 0 Å². The fourth-order valence-corrected chi connectivity index (χ4v) is 4.28. The molecule has 5 rings (SSSR count). The van der Waals surface area contributed by atoms with Crippen LogP contribution in [0.15, 0.2) is 92.6 Å². The van der Waals surface area contributed by atoms with Gasteiger partial charge in [-0.05, 0) is 63.2 Å². The van der Waals surface area contributed by atoms with Gasteiger partial charge in [-0.1, -0.05) is 48.5 Å². The smallest absolute Gasteiger partial charge is 0.282 e. The number of ether oxygens (including phenoxy) is 1. The molecule has 0 aliphatic carbocycles. The van der Waals surface area contributed by atoms with Crippen LogP contribution in [-0.4, -0.2) is 29.6 Å². The Bertz CT molecular complexity index is 1340. The van der Waals surface area contributed by atoms with Crippen molar-refractivity contribution in [3.63, 3.8) is 0 Å². The topological polar surface area (TPSA) is 54.3 Å². The third kappa shape index (κ3) is 3.79. The minimum atomic E-state index is -0.380. The van der Waals surface area contributed by atoms with Gasteiger partial charge < -0.3 is 9.64 Å². The van der Waals surface area contributed by atoms with Crippen molar-refractivity contribution in [1.82, 2.24) is 4.90 Å². The number of amides is 1. The monoisotopic (exact) mass is 519 g/mol. The molecule has 3 aromatic rings. The van der Waals surface area contributed by atoms with Crippen molar-refractivity contribution in [1.29, 1.82) is 0 Å². The van der Waals surface area contributed by atoms with Crippen LogP contribution < -0.4 is 4.74 Å². The first-order valence-electron chi connectivity index (χ1n) is 9.81. The predicted octanol–water partition coefficient (Wildman–Crippen LogP) is 5.50. The molecule has 0 atom stereocenters. The Hall–Kier alpha value is -3.26. The van der Waals surface area contributed by atoms with Crippen LogP contribution >= 0.6 is 22.6 Å². The number of fused-ring (bicyclic) bond motifs is 3. The maximum Gasteiger partial charge on any atom is 0.282 e. The lowest BCUT2D eigenvalue weighted by Gasteiger charge is -2.21. The summed E-state index contributed by atoms with van der Waals surface area (Å²) in [7, 11) is 1.56. The highest BCUT2D eigenvalue weighted by molar-refractivity contribution is 14.1. The van der Waals surface area contributed by atoms with Gasteiger partial charge in [0.2, 0.25) is 0 Å². The standard InChI is InChI=1S/C25H18IN3O2/c1-31-22-13-17-7-3-2-6-16(17)12-21(22)25(30)28-24-20-9-5-4-8-18(20)14-29-15-19(26)10-11-23(29)27-24/h2-13,15H,14H2,1H3. The molecule has 0 spiro atoms. The van der Waals surface area contributed by atoms with E-state index < -0.39 is 0 Å². The second-order valence-electron chi connectivity index (χ2n) is 7.24. The number of nitrogens with zero attached hydrogens (tertiary/aromatic N) is 3. The first kappa shape index (κ1) is 19.7. The van der Waals surface area contributed by atoms with E-state index in [1.54, 1.807) is 7.11 Å². The van der Waals surface area contributed by atoms with Crippen molar-refractivity contribution in [3.05, 3.63) is 99.3 Å². The van der Waals surface area contributed by atoms with Gasteiger partial charge >= 0.3 is 0 Å². The Kier molecular flexibility index (Phi) is 5.15. The van der Waals surface area contributed by atoms with Crippen LogP contribution in [0.1, 0.15) is 21.5 Å². The molecule has 152 valence electrons. The second-order valence-corrected chi connectivity index (χ2v) is 8.49. The van der Waals surface area contributed by atoms with Crippen LogP contribution in [-0.2, 0) is 6.54 Å². The van der Waals surface area contributed by atoms with E-state index in [1.165, 1.54) is 0 Å². The van der Waals surface area contributed by atoms with E-state index in [-0.39, 0.29) is 5.91 Å². The van der Waals surface area contributed by atoms with E-state index >= 15 is 0 Å². The number of carbonyl (C=O) groups is 1. The molecule has 2 heterocycles. The van der Waals surface area contributed by atoms with Gasteiger partial charge in [-0.25, -0.2) is 4.99 Å². The van der Waals surface area contributed by atoms with Crippen molar-refractivity contribution < 1.29 is 9.53 Å². The fourth-order valence-electron chi connectivity index (χ4n) is 3.76. The van der Waals surface area contributed by atoms with Crippen molar-refractivity contribution in [2.24, 2.45) is 9.98 Å². The Balaban J connectivity index is 1.64. The van der Waals surface area contributed by atoms with Crippen molar-refractivity contribution >= 4 is 50.9 Å². The molecule has 6 heteroatoms. The summed E-state index contributed by atoms with van der Waals surface area (Å²) in [6.07, 6.45) is 6.00. The summed E-state index contributed by atoms with van der Waals surface area (Å²) in [6.45, 7) is 0.665. The van der Waals surface area contributed by atoms with Gasteiger partial charge in [-0.3, -0.25) is 4.79 Å². The average Bonchev–Trinajstić information content (AvgIpc) is 2.94. The molecule has 0 aromatic heterocycles. The molecule has 2 aliphatic rings. The molecule has 3 aromatic carbocycles. The highest BCUT2D eigenvalue weighted by Crippen LogP contribution is 2.28. The maximum atomic E-state index is 13.3. The van der Waals surface area contributed by atoms with E-state index in [2.05, 4.69) is 32.5 Å². The van der Waals surface area contributed by atoms with Crippen LogP contribution in [0.2, 0.25) is 0 Å². The van der Waals surface area contributed by atoms with Gasteiger partial charge in [-0.15, -0.1) is 0 Å². The molecule has 0 radical (unpaired) electrons. The molecule has 0 N–H and O–H groups in total. The van der Waals surface area contributed by atoms with Crippen LogP contribution in [0, 0.1) is 0 Å². The Morgan fingerprint density at radius 1 is 1.06 bits per heavy atom. The Labute approximate surface area is 193 Å². The first-order valence-corrected chi connectivity index (χ1v) is 10.9. The third-order valence-corrected chi connectivity index (χ3v) is 5.93. The summed E-state index contributed by atoms with van der Waals surface area (Å²) in [5.41, 5.74) is 2.34. The molecule has 0 unspecified atom stereocenters. The number of hydrogen-bond acceptors (Lipinski definition) is 3. The van der Waals surface area contributed by atoms with E-state index in [0.717, 1.165) is 31.3 Å². The van der Waals surface area contributed by atoms with Gasteiger partial charge in [0.25, 0.3) is 5.91 Å². The van der Waals surface area contributed by atoms with E-state index in [4.69, 9.17) is 9.73 Å². The lowest BCUT2D eigenvalue weighted by molar-refractivity contribution is 0.1000. The molecule has 31 heavy (non-hydrogen) atoms. The third-order valence-electron chi connectivity index (χ3n) is 5.29. The largest absolute Gasteiger partial charge is 0.496 e. The summed E-state index contributed by atoms with van der Waals surface area (Å²) in [5, 5.41) is 1.97. The molecule has 0 saturated carbocycles. The van der Waals surface area contributed by atoms with Gasteiger partial charge in [0.05, 0.1) is 12.7 Å². The fraction of sp³-hybridized carbons (Fsp3) is 0.0800. The molecular weight excluding hydrogens is 501 g/mol. The van der Waals surface area contributed by atoms with Gasteiger partial charge in [0.1, 0.15) is 11.6 Å². The van der Waals surface area contributed by atoms with Crippen LogP contribution in [0.25, 0.3) is 10.8 Å². The highest BCUT2D eigenvalue weighted by Gasteiger charge is 2.22. The number of hydrogen-bond donors (Lipinski definition) is 0. The summed E-state index contributed by atoms with van der Waals surface area (Å²) < 4.78 is 6.62. The summed E-state index contributed by atoms with van der Waals surface area (Å²) in [4.78, 5) is 24.6. The van der Waals surface area contributed by atoms with Crippen molar-refractivity contribution in [3.8, 4) is 5.75 Å².